The molecular weight excluding hydrogens is 244 g/mol. The Balaban J connectivity index is 1.55. The van der Waals surface area contributed by atoms with Gasteiger partial charge in [0.2, 0.25) is 0 Å². The maximum atomic E-state index is 6.73. The van der Waals surface area contributed by atoms with Crippen molar-refractivity contribution in [2.24, 2.45) is 35.5 Å². The van der Waals surface area contributed by atoms with Crippen LogP contribution in [0.2, 0.25) is 0 Å². The molecule has 100 valence electrons. The van der Waals surface area contributed by atoms with E-state index in [0.29, 0.717) is 17.6 Å². The van der Waals surface area contributed by atoms with E-state index in [2.05, 4.69) is 0 Å². The van der Waals surface area contributed by atoms with Crippen molar-refractivity contribution in [1.82, 2.24) is 0 Å². The van der Waals surface area contributed by atoms with Gasteiger partial charge in [0.05, 0.1) is 11.5 Å². The second-order valence-corrected chi connectivity index (χ2v) is 8.10. The summed E-state index contributed by atoms with van der Waals surface area (Å²) in [6.07, 6.45) is 11.3. The Morgan fingerprint density at radius 1 is 0.722 bits per heavy atom. The number of epoxide rings is 1. The first-order valence-corrected chi connectivity index (χ1v) is 8.58. The molecule has 4 aliphatic carbocycles. The summed E-state index contributed by atoms with van der Waals surface area (Å²) in [5.41, 5.74) is 0. The van der Waals surface area contributed by atoms with Crippen LogP contribution < -0.4 is 0 Å². The fraction of sp³-hybridized carbons (Fsp3) is 1.00. The van der Waals surface area contributed by atoms with E-state index in [0.717, 1.165) is 35.5 Å². The molecule has 0 N–H and O–H groups in total. The molecule has 0 aromatic rings. The summed E-state index contributed by atoms with van der Waals surface area (Å²) in [5, 5.41) is 0.345. The van der Waals surface area contributed by atoms with Gasteiger partial charge in [-0.3, -0.25) is 0 Å². The first kappa shape index (κ1) is 11.0. The SMILES string of the molecule is ClC1C2CCC3CCCC4CCC(C5OC15)C2C34. The van der Waals surface area contributed by atoms with Gasteiger partial charge in [-0.2, -0.15) is 0 Å². The van der Waals surface area contributed by atoms with E-state index in [4.69, 9.17) is 16.3 Å². The molecule has 0 amide bonds. The lowest BCUT2D eigenvalue weighted by Crippen LogP contribution is -2.54. The number of rotatable bonds is 0. The second-order valence-electron chi connectivity index (χ2n) is 7.60. The summed E-state index contributed by atoms with van der Waals surface area (Å²) in [7, 11) is 0. The average Bonchev–Trinajstić information content (AvgIpc) is 3.19. The largest absolute Gasteiger partial charge is 0.368 e. The van der Waals surface area contributed by atoms with Crippen LogP contribution in [-0.4, -0.2) is 17.6 Å². The van der Waals surface area contributed by atoms with E-state index >= 15 is 0 Å². The molecule has 0 aromatic carbocycles. The fourth-order valence-electron chi connectivity index (χ4n) is 6.54. The van der Waals surface area contributed by atoms with E-state index in [9.17, 15) is 0 Å². The lowest BCUT2D eigenvalue weighted by Gasteiger charge is -2.57. The van der Waals surface area contributed by atoms with Gasteiger partial charge in [0.15, 0.2) is 0 Å². The molecule has 9 unspecified atom stereocenters. The fourth-order valence-corrected chi connectivity index (χ4v) is 7.03. The van der Waals surface area contributed by atoms with Gasteiger partial charge in [-0.15, -0.1) is 11.6 Å². The molecule has 0 radical (unpaired) electrons. The smallest absolute Gasteiger partial charge is 0.101 e. The van der Waals surface area contributed by atoms with Crippen LogP contribution in [0.4, 0.5) is 0 Å². The van der Waals surface area contributed by atoms with E-state index in [1.807, 2.05) is 0 Å². The lowest BCUT2D eigenvalue weighted by molar-refractivity contribution is -0.0682. The highest BCUT2D eigenvalue weighted by Crippen LogP contribution is 2.64. The van der Waals surface area contributed by atoms with Crippen molar-refractivity contribution in [2.45, 2.75) is 62.5 Å². The highest BCUT2D eigenvalue weighted by Gasteiger charge is 2.64. The molecule has 1 saturated heterocycles. The second kappa shape index (κ2) is 3.67. The Labute approximate surface area is 115 Å². The highest BCUT2D eigenvalue weighted by atomic mass is 35.5. The molecule has 5 fully saturated rings. The van der Waals surface area contributed by atoms with Crippen molar-refractivity contribution >= 4 is 11.6 Å². The Hall–Kier alpha value is 0.250. The number of halogens is 1. The molecule has 1 nitrogen and oxygen atoms in total. The minimum absolute atomic E-state index is 0.345. The zero-order valence-electron chi connectivity index (χ0n) is 10.9. The summed E-state index contributed by atoms with van der Waals surface area (Å²) in [6, 6.07) is 0. The van der Waals surface area contributed by atoms with E-state index in [-0.39, 0.29) is 0 Å². The zero-order chi connectivity index (χ0) is 11.9. The topological polar surface area (TPSA) is 12.5 Å². The van der Waals surface area contributed by atoms with Gasteiger partial charge in [-0.05, 0) is 61.2 Å². The van der Waals surface area contributed by atoms with Crippen molar-refractivity contribution in [3.8, 4) is 0 Å². The van der Waals surface area contributed by atoms with Crippen LogP contribution in [0.3, 0.4) is 0 Å². The monoisotopic (exact) mass is 266 g/mol. The lowest BCUT2D eigenvalue weighted by atomic mass is 9.48. The van der Waals surface area contributed by atoms with Crippen molar-refractivity contribution in [1.29, 1.82) is 0 Å². The maximum absolute atomic E-state index is 6.73. The van der Waals surface area contributed by atoms with E-state index in [1.165, 1.54) is 44.9 Å². The van der Waals surface area contributed by atoms with E-state index < -0.39 is 0 Å². The van der Waals surface area contributed by atoms with Crippen LogP contribution in [0.1, 0.15) is 44.9 Å². The predicted octanol–water partition coefficient (Wildman–Crippen LogP) is 3.84. The average molecular weight is 267 g/mol. The zero-order valence-corrected chi connectivity index (χ0v) is 11.7. The van der Waals surface area contributed by atoms with Gasteiger partial charge in [0, 0.05) is 0 Å². The van der Waals surface area contributed by atoms with Crippen LogP contribution in [0.25, 0.3) is 0 Å². The van der Waals surface area contributed by atoms with Crippen molar-refractivity contribution in [2.75, 3.05) is 0 Å². The molecule has 4 saturated carbocycles. The molecule has 1 heterocycles. The third-order valence-electron chi connectivity index (χ3n) is 7.12. The number of hydrogen-bond acceptors (Lipinski definition) is 1. The minimum atomic E-state index is 0.345. The first-order chi connectivity index (χ1) is 8.84. The van der Waals surface area contributed by atoms with Crippen molar-refractivity contribution < 1.29 is 4.74 Å². The molecule has 1 aliphatic heterocycles. The van der Waals surface area contributed by atoms with Gasteiger partial charge in [-0.1, -0.05) is 19.3 Å². The van der Waals surface area contributed by atoms with Crippen molar-refractivity contribution in [3.63, 3.8) is 0 Å². The first-order valence-electron chi connectivity index (χ1n) is 8.14. The number of hydrogen-bond donors (Lipinski definition) is 0. The normalized spacial score (nSPS) is 64.8. The van der Waals surface area contributed by atoms with E-state index in [1.54, 1.807) is 0 Å². The Bertz CT molecular complexity index is 364. The molecule has 5 aliphatic rings. The molecule has 2 heteroatoms. The van der Waals surface area contributed by atoms with Gasteiger partial charge in [-0.25, -0.2) is 0 Å². The third kappa shape index (κ3) is 1.28. The standard InChI is InChI=1S/C16H23ClO/c17-14-10-6-4-8-2-1-3-9-5-7-11(13(10)12(8)9)15-16(14)18-15/h8-16H,1-7H2. The Morgan fingerprint density at radius 2 is 1.44 bits per heavy atom. The summed E-state index contributed by atoms with van der Waals surface area (Å²) >= 11 is 6.73. The summed E-state index contributed by atoms with van der Waals surface area (Å²) in [4.78, 5) is 0. The maximum Gasteiger partial charge on any atom is 0.101 e. The van der Waals surface area contributed by atoms with Gasteiger partial charge in [0.25, 0.3) is 0 Å². The van der Waals surface area contributed by atoms with Crippen LogP contribution in [-0.2, 0) is 4.74 Å². The molecule has 5 rings (SSSR count). The highest BCUT2D eigenvalue weighted by molar-refractivity contribution is 6.21. The van der Waals surface area contributed by atoms with Gasteiger partial charge >= 0.3 is 0 Å². The van der Waals surface area contributed by atoms with Gasteiger partial charge < -0.3 is 4.74 Å². The van der Waals surface area contributed by atoms with Crippen LogP contribution >= 0.6 is 11.6 Å². The molecule has 0 spiro atoms. The number of alkyl halides is 1. The van der Waals surface area contributed by atoms with Gasteiger partial charge in [0.1, 0.15) is 6.10 Å². The number of fused-ring (bicyclic) bond motifs is 2. The molecular formula is C16H23ClO. The third-order valence-corrected chi connectivity index (χ3v) is 7.69. The quantitative estimate of drug-likeness (QED) is 0.479. The molecule has 0 aromatic heterocycles. The summed E-state index contributed by atoms with van der Waals surface area (Å²) < 4.78 is 5.96. The summed E-state index contributed by atoms with van der Waals surface area (Å²) in [6.45, 7) is 0. The minimum Gasteiger partial charge on any atom is -0.368 e. The Kier molecular flexibility index (Phi) is 2.23. The van der Waals surface area contributed by atoms with Crippen LogP contribution in [0.5, 0.6) is 0 Å². The number of ether oxygens (including phenoxy) is 1. The van der Waals surface area contributed by atoms with Crippen LogP contribution in [0, 0.1) is 35.5 Å². The summed E-state index contributed by atoms with van der Waals surface area (Å²) in [5.74, 6) is 5.75. The predicted molar refractivity (Wildman–Crippen MR) is 71.6 cm³/mol. The molecule has 0 bridgehead atoms. The van der Waals surface area contributed by atoms with Crippen molar-refractivity contribution in [3.05, 3.63) is 0 Å². The molecule has 18 heavy (non-hydrogen) atoms. The molecule has 9 atom stereocenters. The Morgan fingerprint density at radius 3 is 2.22 bits per heavy atom. The van der Waals surface area contributed by atoms with Crippen LogP contribution in [0.15, 0.2) is 0 Å².